The fourth-order valence-electron chi connectivity index (χ4n) is 13.8. The van der Waals surface area contributed by atoms with Crippen molar-refractivity contribution < 1.29 is 114 Å². The van der Waals surface area contributed by atoms with Gasteiger partial charge in [0.05, 0.1) is 53.2 Å². The molecule has 576 valence electrons. The van der Waals surface area contributed by atoms with Crippen molar-refractivity contribution >= 4 is 102 Å². The lowest BCUT2D eigenvalue weighted by Crippen LogP contribution is -2.53. The molecule has 1 fully saturated rings. The number of carboxylic acid groups (broad SMARTS) is 7. The first kappa shape index (κ1) is 85.1. The fraction of sp³-hybridized carbons (Fsp3) is 0.542. The first-order chi connectivity index (χ1) is 49.3. The molecule has 0 spiro atoms. The number of hydrogen-bond acceptors (Lipinski definition) is 19. The van der Waals surface area contributed by atoms with Gasteiger partial charge in [-0.05, 0) is 125 Å². The summed E-state index contributed by atoms with van der Waals surface area (Å²) in [6.45, 7) is 8.18. The van der Waals surface area contributed by atoms with Crippen molar-refractivity contribution in [2.75, 3.05) is 102 Å². The van der Waals surface area contributed by atoms with Crippen molar-refractivity contribution in [3.05, 3.63) is 101 Å². The number of nitrogens with one attached hydrogen (secondary N) is 2. The molecule has 33 heteroatoms. The quantitative estimate of drug-likeness (QED) is 0.0178. The summed E-state index contributed by atoms with van der Waals surface area (Å²) in [5.41, 5.74) is 3.77. The molecule has 3 aliphatic rings. The van der Waals surface area contributed by atoms with E-state index in [1.54, 1.807) is 56.0 Å². The molecule has 0 radical (unpaired) electrons. The number of benzene rings is 3. The Balaban J connectivity index is 1.10. The van der Waals surface area contributed by atoms with Crippen LogP contribution < -0.4 is 15.5 Å². The standard InChI is InChI=1S/C72H98N8O23S2/c1-71(2)56-41-54(104(98,99)100)24-26-58(56)79(30-11-5-7-17-62(82)73-29-10-9-14-49(69(94)95)39-53(81)40-50(70(96)97)21-28-64(84)85)60(71)15-13-16-61-72(3,4)57-42-55(105(101,102)103)25-27-59(57)80(61)31-12-6-8-18-63(83)74-51-22-19-48(20-23-51)38-52-43-77(46-67(90)91)35-34-75(44-65(86)87)32-33-76(45-66(88)89)36-37-78(52)47-68(92)93/h13,15-16,19-20,22-27,41-42,49-50,52H,5-12,14,17-18,21,28-40,43-47H2,1-4H3,(H10-,73,74,82,83,84,85,86,87,88,89,90,91,92,93,94,95,96,97,98,99,100,101,102,103)/p+1/t49?,50-,52?/m1/s1. The van der Waals surface area contributed by atoms with Crippen LogP contribution in [0, 0.1) is 11.8 Å². The summed E-state index contributed by atoms with van der Waals surface area (Å²) in [7, 11) is -9.20. The summed E-state index contributed by atoms with van der Waals surface area (Å²) in [6.07, 6.45) is 8.85. The van der Waals surface area contributed by atoms with Crippen LogP contribution in [0.15, 0.2) is 94.4 Å². The Morgan fingerprint density at radius 2 is 1.10 bits per heavy atom. The van der Waals surface area contributed by atoms with Crippen LogP contribution in [0.4, 0.5) is 17.1 Å². The van der Waals surface area contributed by atoms with Crippen molar-refractivity contribution in [2.24, 2.45) is 11.8 Å². The highest BCUT2D eigenvalue weighted by Crippen LogP contribution is 2.49. The summed E-state index contributed by atoms with van der Waals surface area (Å²) in [5, 5.41) is 73.0. The van der Waals surface area contributed by atoms with Gasteiger partial charge >= 0.3 is 41.8 Å². The Labute approximate surface area is 610 Å². The van der Waals surface area contributed by atoms with Gasteiger partial charge in [-0.15, -0.1) is 0 Å². The second-order valence-electron chi connectivity index (χ2n) is 28.0. The third-order valence-corrected chi connectivity index (χ3v) is 21.0. The van der Waals surface area contributed by atoms with Crippen LogP contribution in [0.5, 0.6) is 0 Å². The third-order valence-electron chi connectivity index (χ3n) is 19.3. The van der Waals surface area contributed by atoms with Crippen LogP contribution in [-0.2, 0) is 85.4 Å². The van der Waals surface area contributed by atoms with Crippen molar-refractivity contribution in [3.8, 4) is 0 Å². The van der Waals surface area contributed by atoms with Crippen LogP contribution >= 0.6 is 0 Å². The van der Waals surface area contributed by atoms with Gasteiger partial charge in [0.2, 0.25) is 17.5 Å². The predicted molar refractivity (Wildman–Crippen MR) is 384 cm³/mol. The SMILES string of the molecule is CC1(C)C(=CC=CC2=[N+](CCCCCC(=O)Nc3ccc(CC4CN(CC(=O)O)CCN(CC(=O)O)CCN(CC(=O)O)CCN4CC(=O)O)cc3)c3ccc(S(=O)(=O)O)cc3C2(C)C)N(CCCCCC(=O)NCCCCC(CC(=O)C[C@@H](CCC(=O)O)C(=O)O)C(=O)O)c2ccc(S(=O)(=O)O)cc21. The van der Waals surface area contributed by atoms with Gasteiger partial charge in [-0.3, -0.25) is 76.7 Å². The van der Waals surface area contributed by atoms with Gasteiger partial charge in [0.25, 0.3) is 20.2 Å². The van der Waals surface area contributed by atoms with Crippen molar-refractivity contribution in [3.63, 3.8) is 0 Å². The number of carbonyl (C=O) groups excluding carboxylic acids is 3. The number of carboxylic acids is 7. The second kappa shape index (κ2) is 39.0. The molecule has 1 saturated heterocycles. The number of unbranched alkanes of at least 4 members (excludes halogenated alkanes) is 5. The largest absolute Gasteiger partial charge is 0.481 e. The lowest BCUT2D eigenvalue weighted by Gasteiger charge is -2.37. The highest BCUT2D eigenvalue weighted by atomic mass is 32.2. The van der Waals surface area contributed by atoms with Crippen molar-refractivity contribution in [2.45, 2.75) is 157 Å². The normalized spacial score (nSPS) is 17.8. The van der Waals surface area contributed by atoms with E-state index in [9.17, 15) is 105 Å². The predicted octanol–water partition coefficient (Wildman–Crippen LogP) is 5.93. The Hall–Kier alpha value is -8.83. The van der Waals surface area contributed by atoms with Gasteiger partial charge in [-0.2, -0.15) is 21.4 Å². The topological polar surface area (TPSA) is 464 Å². The maximum absolute atomic E-state index is 13.5. The van der Waals surface area contributed by atoms with Gasteiger partial charge < -0.3 is 51.3 Å². The summed E-state index contributed by atoms with van der Waals surface area (Å²) >= 11 is 0. The van der Waals surface area contributed by atoms with E-state index in [1.807, 2.05) is 45.9 Å². The van der Waals surface area contributed by atoms with E-state index in [1.165, 1.54) is 24.3 Å². The number of ketones is 1. The molecule has 2 unspecified atom stereocenters. The minimum absolute atomic E-state index is 0.0800. The molecule has 3 aromatic rings. The Bertz CT molecular complexity index is 3990. The van der Waals surface area contributed by atoms with Gasteiger partial charge in [0.15, 0.2) is 5.71 Å². The number of anilines is 2. The number of fused-ring (bicyclic) bond motifs is 2. The lowest BCUT2D eigenvalue weighted by molar-refractivity contribution is -0.438. The van der Waals surface area contributed by atoms with E-state index in [4.69, 9.17) is 5.11 Å². The van der Waals surface area contributed by atoms with Crippen molar-refractivity contribution in [1.29, 1.82) is 0 Å². The minimum atomic E-state index is -4.60. The van der Waals surface area contributed by atoms with E-state index < -0.39 is 129 Å². The summed E-state index contributed by atoms with van der Waals surface area (Å²) in [6, 6.07) is 15.2. The zero-order chi connectivity index (χ0) is 77.6. The maximum Gasteiger partial charge on any atom is 0.317 e. The van der Waals surface area contributed by atoms with E-state index in [-0.39, 0.29) is 119 Å². The average molecular weight is 1510 g/mol. The van der Waals surface area contributed by atoms with Gasteiger partial charge in [-0.1, -0.05) is 44.9 Å². The third kappa shape index (κ3) is 26.3. The Kier molecular flexibility index (Phi) is 31.6. The van der Waals surface area contributed by atoms with Crippen LogP contribution in [0.2, 0.25) is 0 Å². The molecule has 0 aromatic heterocycles. The van der Waals surface area contributed by atoms with E-state index in [2.05, 4.69) is 20.1 Å². The molecule has 3 atom stereocenters. The fourth-order valence-corrected chi connectivity index (χ4v) is 14.8. The van der Waals surface area contributed by atoms with Gasteiger partial charge in [0, 0.05) is 144 Å². The Morgan fingerprint density at radius 3 is 1.67 bits per heavy atom. The highest BCUT2D eigenvalue weighted by Gasteiger charge is 2.46. The van der Waals surface area contributed by atoms with Crippen LogP contribution in [0.3, 0.4) is 0 Å². The van der Waals surface area contributed by atoms with Crippen molar-refractivity contribution in [1.82, 2.24) is 24.9 Å². The summed E-state index contributed by atoms with van der Waals surface area (Å²) in [4.78, 5) is 129. The van der Waals surface area contributed by atoms with E-state index >= 15 is 0 Å². The molecule has 2 amide bonds. The zero-order valence-electron chi connectivity index (χ0n) is 59.7. The Morgan fingerprint density at radius 1 is 0.562 bits per heavy atom. The molecule has 3 heterocycles. The van der Waals surface area contributed by atoms with Crippen LogP contribution in [0.1, 0.15) is 141 Å². The number of hydrogen-bond donors (Lipinski definition) is 11. The zero-order valence-corrected chi connectivity index (χ0v) is 61.3. The van der Waals surface area contributed by atoms with Gasteiger partial charge in [0.1, 0.15) is 12.3 Å². The number of aliphatic carboxylic acids is 7. The molecule has 3 aliphatic heterocycles. The minimum Gasteiger partial charge on any atom is -0.481 e. The molecule has 31 nitrogen and oxygen atoms in total. The lowest BCUT2D eigenvalue weighted by atomic mass is 9.81. The number of amides is 2. The van der Waals surface area contributed by atoms with E-state index in [0.717, 1.165) is 17.0 Å². The monoisotopic (exact) mass is 1510 g/mol. The number of carbonyl (C=O) groups is 10. The van der Waals surface area contributed by atoms with Crippen LogP contribution in [-0.4, -0.2) is 249 Å². The molecular formula is C72H99N8O23S2+. The molecule has 6 rings (SSSR count). The first-order valence-corrected chi connectivity index (χ1v) is 37.9. The highest BCUT2D eigenvalue weighted by molar-refractivity contribution is 7.86. The number of rotatable bonds is 41. The number of allylic oxidation sites excluding steroid dienone is 4. The van der Waals surface area contributed by atoms with E-state index in [0.29, 0.717) is 92.6 Å². The maximum atomic E-state index is 13.5. The second-order valence-corrected chi connectivity index (χ2v) is 30.9. The number of nitrogens with zero attached hydrogens (tertiary/aromatic N) is 6. The molecule has 3 aromatic carbocycles. The number of Topliss-reactive ketones (excluding diaryl/α,β-unsaturated/α-hetero) is 1. The van der Waals surface area contributed by atoms with Crippen LogP contribution in [0.25, 0.3) is 0 Å². The molecule has 0 saturated carbocycles. The molecule has 11 N–H and O–H groups in total. The average Bonchev–Trinajstić information content (AvgIpc) is 1.59. The van der Waals surface area contributed by atoms with Gasteiger partial charge in [-0.25, -0.2) is 0 Å². The first-order valence-electron chi connectivity index (χ1n) is 35.0. The summed E-state index contributed by atoms with van der Waals surface area (Å²) < 4.78 is 72.2. The molecule has 0 aliphatic carbocycles. The molecular weight excluding hydrogens is 1410 g/mol. The molecule has 0 bridgehead atoms. The smallest absolute Gasteiger partial charge is 0.317 e. The summed E-state index contributed by atoms with van der Waals surface area (Å²) in [5.74, 6) is -11.7. The molecule has 105 heavy (non-hydrogen) atoms.